The molecule has 20 rings (SSSR count). The van der Waals surface area contributed by atoms with Crippen molar-refractivity contribution in [3.63, 3.8) is 0 Å². The molecule has 0 bridgehead atoms. The number of benzene rings is 10. The van der Waals surface area contributed by atoms with Crippen LogP contribution in [0.4, 0.5) is 0 Å². The van der Waals surface area contributed by atoms with E-state index in [2.05, 4.69) is 256 Å². The fraction of sp³-hybridized carbons (Fsp3) is 0.215. The van der Waals surface area contributed by atoms with Crippen molar-refractivity contribution in [2.75, 3.05) is 0 Å². The molecular formula is C79H63BN4. The van der Waals surface area contributed by atoms with Crippen LogP contribution in [0.15, 0.2) is 182 Å². The van der Waals surface area contributed by atoms with Crippen molar-refractivity contribution in [3.8, 4) is 55.9 Å². The summed E-state index contributed by atoms with van der Waals surface area (Å²) in [5, 5.41) is 7.87. The molecule has 0 fully saturated rings. The Hall–Kier alpha value is -8.80. The minimum atomic E-state index is -0.0775. The van der Waals surface area contributed by atoms with E-state index in [0.29, 0.717) is 0 Å². The molecule has 2 aliphatic carbocycles. The first kappa shape index (κ1) is 46.7. The van der Waals surface area contributed by atoms with Crippen molar-refractivity contribution < 1.29 is 0 Å². The molecule has 0 N–H and O–H groups in total. The predicted molar refractivity (Wildman–Crippen MR) is 354 cm³/mol. The second-order valence-electron chi connectivity index (χ2n) is 28.8. The van der Waals surface area contributed by atoms with Crippen LogP contribution in [0.3, 0.4) is 0 Å². The van der Waals surface area contributed by atoms with Gasteiger partial charge in [0, 0.05) is 65.8 Å². The molecule has 84 heavy (non-hydrogen) atoms. The molecule has 0 radical (unpaired) electrons. The van der Waals surface area contributed by atoms with Gasteiger partial charge in [0.15, 0.2) is 0 Å². The minimum absolute atomic E-state index is 0.0775. The molecule has 1 unspecified atom stereocenters. The Balaban J connectivity index is 0.917. The molecule has 402 valence electrons. The van der Waals surface area contributed by atoms with Crippen LogP contribution in [-0.2, 0) is 21.7 Å². The fourth-order valence-electron chi connectivity index (χ4n) is 18.3. The van der Waals surface area contributed by atoms with Crippen molar-refractivity contribution >= 4 is 94.2 Å². The van der Waals surface area contributed by atoms with Gasteiger partial charge in [-0.15, -0.1) is 0 Å². The first-order chi connectivity index (χ1) is 40.7. The van der Waals surface area contributed by atoms with Gasteiger partial charge in [-0.25, -0.2) is 0 Å². The summed E-state index contributed by atoms with van der Waals surface area (Å²) in [6.07, 6.45) is 4.77. The van der Waals surface area contributed by atoms with Gasteiger partial charge in [-0.1, -0.05) is 201 Å². The van der Waals surface area contributed by atoms with E-state index in [0.717, 1.165) is 0 Å². The third-order valence-corrected chi connectivity index (χ3v) is 22.6. The van der Waals surface area contributed by atoms with E-state index < -0.39 is 0 Å². The molecule has 5 heteroatoms. The third-order valence-electron chi connectivity index (χ3n) is 22.6. The van der Waals surface area contributed by atoms with Crippen molar-refractivity contribution in [2.45, 2.75) is 109 Å². The SMILES string of the molecule is CC1(C)CCC(C)(C)c2cc(-c3cc4c5c(c3)-n3c6ccccc6c6cccc(c63)B5n3c5c-4cccc5c4c3c3cccc5c3n4C3c4c-5cc(-c5ccc6c(c5)C(C)(C)CCC6(C)C)cc4-n4c5ccccc5c5cccc3c54)ccc21. The van der Waals surface area contributed by atoms with Gasteiger partial charge >= 0.3 is 6.85 Å². The van der Waals surface area contributed by atoms with Crippen LogP contribution in [0.5, 0.6) is 0 Å². The van der Waals surface area contributed by atoms with Crippen molar-refractivity contribution in [3.05, 3.63) is 215 Å². The lowest BCUT2D eigenvalue weighted by molar-refractivity contribution is 0.332. The minimum Gasteiger partial charge on any atom is -0.374 e. The highest BCUT2D eigenvalue weighted by molar-refractivity contribution is 6.90. The van der Waals surface area contributed by atoms with E-state index in [1.54, 1.807) is 0 Å². The Morgan fingerprint density at radius 3 is 1.50 bits per heavy atom. The van der Waals surface area contributed by atoms with Crippen molar-refractivity contribution in [1.82, 2.24) is 18.2 Å². The normalized spacial score (nSPS) is 18.3. The van der Waals surface area contributed by atoms with Crippen LogP contribution in [-0.4, -0.2) is 25.0 Å². The molecule has 4 nitrogen and oxygen atoms in total. The maximum atomic E-state index is 2.84. The zero-order valence-corrected chi connectivity index (χ0v) is 49.1. The Morgan fingerprint density at radius 1 is 0.357 bits per heavy atom. The molecular weight excluding hydrogens is 1020 g/mol. The highest BCUT2D eigenvalue weighted by Gasteiger charge is 2.46. The average Bonchev–Trinajstić information content (AvgIpc) is 1.47. The second-order valence-corrected chi connectivity index (χ2v) is 28.8. The Kier molecular flexibility index (Phi) is 8.29. The number of nitrogens with zero attached hydrogens (tertiary/aromatic N) is 4. The fourth-order valence-corrected chi connectivity index (χ4v) is 18.3. The summed E-state index contributed by atoms with van der Waals surface area (Å²) in [4.78, 5) is 0. The molecule has 0 spiro atoms. The van der Waals surface area contributed by atoms with Crippen LogP contribution in [0.2, 0.25) is 0 Å². The lowest BCUT2D eigenvalue weighted by atomic mass is 9.45. The van der Waals surface area contributed by atoms with Crippen LogP contribution in [0, 0.1) is 0 Å². The molecule has 1 atom stereocenters. The quantitative estimate of drug-likeness (QED) is 0.154. The van der Waals surface area contributed by atoms with Gasteiger partial charge in [0.1, 0.15) is 0 Å². The number of hydrogen-bond donors (Lipinski definition) is 0. The van der Waals surface area contributed by atoms with Gasteiger partial charge in [0.25, 0.3) is 0 Å². The van der Waals surface area contributed by atoms with Gasteiger partial charge in [0.2, 0.25) is 0 Å². The van der Waals surface area contributed by atoms with Crippen LogP contribution in [0.1, 0.15) is 120 Å². The molecule has 6 aliphatic rings. The summed E-state index contributed by atoms with van der Waals surface area (Å²) in [6.45, 7) is 19.5. The summed E-state index contributed by atoms with van der Waals surface area (Å²) < 4.78 is 11.0. The van der Waals surface area contributed by atoms with Crippen molar-refractivity contribution in [2.24, 2.45) is 0 Å². The zero-order valence-electron chi connectivity index (χ0n) is 49.1. The molecule has 10 aromatic carbocycles. The van der Waals surface area contributed by atoms with E-state index in [1.165, 1.54) is 202 Å². The molecule has 4 aromatic heterocycles. The summed E-state index contributed by atoms with van der Waals surface area (Å²) >= 11 is 0. The molecule has 0 amide bonds. The number of fused-ring (bicyclic) bond motifs is 21. The molecule has 4 aliphatic heterocycles. The first-order valence-electron chi connectivity index (χ1n) is 31.0. The standard InChI is InChI=1S/C79H63BN4/c1-76(2)33-35-78(5,6)60-39-43(29-31-58(60)76)45-37-56-51-20-14-24-54-70(51)83(73-53-23-13-19-49-47-17-9-11-27-63(47)81(69(49)53)65(41-45)67(56)73)74-55-25-15-21-52-57-38-46(44-30-32-59-61(40-44)79(7,8)36-34-77(59,3)4)42-66-68(57)80(84(71(52)55)75(54)74)62-26-16-22-50-48-18-10-12-28-64(48)82(66)72(50)62/h9-32,37-42,73H,33-36H2,1-8H3. The molecule has 8 heterocycles. The molecule has 0 saturated heterocycles. The Morgan fingerprint density at radius 2 is 0.857 bits per heavy atom. The predicted octanol–water partition coefficient (Wildman–Crippen LogP) is 18.9. The van der Waals surface area contributed by atoms with Crippen LogP contribution < -0.4 is 10.9 Å². The summed E-state index contributed by atoms with van der Waals surface area (Å²) in [5.74, 6) is 0. The van der Waals surface area contributed by atoms with Crippen molar-refractivity contribution in [1.29, 1.82) is 0 Å². The smallest absolute Gasteiger partial charge is 0.333 e. The highest BCUT2D eigenvalue weighted by atomic mass is 15.1. The summed E-state index contributed by atoms with van der Waals surface area (Å²) in [6, 6.07) is 72.3. The summed E-state index contributed by atoms with van der Waals surface area (Å²) in [7, 11) is 0. The number of para-hydroxylation sites is 6. The van der Waals surface area contributed by atoms with Crippen LogP contribution in [0.25, 0.3) is 132 Å². The number of rotatable bonds is 2. The van der Waals surface area contributed by atoms with E-state index in [4.69, 9.17) is 0 Å². The number of hydrogen-bond acceptors (Lipinski definition) is 0. The van der Waals surface area contributed by atoms with E-state index in [1.807, 2.05) is 0 Å². The van der Waals surface area contributed by atoms with E-state index >= 15 is 0 Å². The largest absolute Gasteiger partial charge is 0.374 e. The molecule has 14 aromatic rings. The Bertz CT molecular complexity index is 5130. The van der Waals surface area contributed by atoms with Gasteiger partial charge in [0.05, 0.1) is 50.3 Å². The van der Waals surface area contributed by atoms with Gasteiger partial charge in [-0.2, -0.15) is 0 Å². The monoisotopic (exact) mass is 1080 g/mol. The van der Waals surface area contributed by atoms with E-state index in [-0.39, 0.29) is 34.5 Å². The van der Waals surface area contributed by atoms with Gasteiger partial charge < -0.3 is 18.2 Å². The highest BCUT2D eigenvalue weighted by Crippen LogP contribution is 2.59. The lowest BCUT2D eigenvalue weighted by Gasteiger charge is -2.42. The maximum absolute atomic E-state index is 2.84. The maximum Gasteiger partial charge on any atom is 0.333 e. The van der Waals surface area contributed by atoms with Gasteiger partial charge in [-0.05, 0) is 150 Å². The van der Waals surface area contributed by atoms with Gasteiger partial charge in [-0.3, -0.25) is 0 Å². The number of aromatic nitrogens is 4. The second kappa shape index (κ2) is 14.9. The van der Waals surface area contributed by atoms with Crippen LogP contribution >= 0.6 is 0 Å². The Labute approximate surface area is 489 Å². The average molecular weight is 1080 g/mol. The third kappa shape index (κ3) is 5.43. The first-order valence-corrected chi connectivity index (χ1v) is 31.0. The summed E-state index contributed by atoms with van der Waals surface area (Å²) in [5.41, 5.74) is 35.5. The zero-order chi connectivity index (χ0) is 56.0. The topological polar surface area (TPSA) is 19.7 Å². The molecule has 0 saturated carbocycles. The van der Waals surface area contributed by atoms with E-state index in [9.17, 15) is 0 Å². The lowest BCUT2D eigenvalue weighted by Crippen LogP contribution is -2.55.